The molecule has 2 aliphatic carbocycles. The van der Waals surface area contributed by atoms with E-state index in [1.807, 2.05) is 0 Å². The Morgan fingerprint density at radius 2 is 1.03 bits per heavy atom. The van der Waals surface area contributed by atoms with E-state index in [4.69, 9.17) is 9.11 Å². The zero-order valence-electron chi connectivity index (χ0n) is 15.7. The fraction of sp³-hybridized carbons (Fsp3) is 0.0909. The Labute approximate surface area is 185 Å². The average molecular weight is 462 g/mol. The van der Waals surface area contributed by atoms with Crippen LogP contribution >= 0.6 is 0 Å². The molecule has 0 aromatic heterocycles. The van der Waals surface area contributed by atoms with Crippen molar-refractivity contribution < 1.29 is 36.7 Å². The van der Waals surface area contributed by atoms with E-state index >= 15 is 0 Å². The molecule has 2 aromatic carbocycles. The van der Waals surface area contributed by atoms with E-state index in [1.54, 1.807) is 68.4 Å². The van der Waals surface area contributed by atoms with Crippen LogP contribution in [0.1, 0.15) is 12.8 Å². The standard InChI is InChI=1S/2C6H6O2S.2C5H5.Ti/c2*7-9(8)6-4-2-1-3-5-6;2*1-2-4-5-3-1;/h2*1-5H,(H,7,8);2*1-3H,4H2;. The smallest absolute Gasteiger partial charge is 0.186 e. The molecule has 0 heterocycles. The summed E-state index contributed by atoms with van der Waals surface area (Å²) < 4.78 is 41.0. The minimum atomic E-state index is -1.83. The Hall–Kier alpha value is -1.67. The number of benzene rings is 2. The molecule has 0 radical (unpaired) electrons. The Morgan fingerprint density at radius 3 is 1.28 bits per heavy atom. The van der Waals surface area contributed by atoms with Gasteiger partial charge in [-0.1, -0.05) is 36.4 Å². The first-order chi connectivity index (χ1) is 14.1. The van der Waals surface area contributed by atoms with E-state index in [0.717, 1.165) is 0 Å². The molecule has 2 unspecified atom stereocenters. The van der Waals surface area contributed by atoms with Crippen LogP contribution in [-0.2, 0) is 41.3 Å². The molecule has 0 bridgehead atoms. The molecule has 0 fully saturated rings. The van der Waals surface area contributed by atoms with Crippen molar-refractivity contribution in [3.8, 4) is 0 Å². The molecular weight excluding hydrogens is 440 g/mol. The van der Waals surface area contributed by atoms with Crippen molar-refractivity contribution in [3.05, 3.63) is 105 Å². The summed E-state index contributed by atoms with van der Waals surface area (Å²) in [6.45, 7) is 0. The third-order valence-corrected chi connectivity index (χ3v) is 7.27. The molecule has 4 nitrogen and oxygen atoms in total. The van der Waals surface area contributed by atoms with Crippen molar-refractivity contribution in [1.29, 1.82) is 0 Å². The summed E-state index contributed by atoms with van der Waals surface area (Å²) in [7, 11) is 0. The van der Waals surface area contributed by atoms with Crippen LogP contribution in [0.4, 0.5) is 0 Å². The Morgan fingerprint density at radius 1 is 0.655 bits per heavy atom. The molecule has 0 saturated heterocycles. The summed E-state index contributed by atoms with van der Waals surface area (Å²) in [5.74, 6) is 0. The zero-order valence-corrected chi connectivity index (χ0v) is 18.9. The first-order valence-electron chi connectivity index (χ1n) is 8.86. The molecule has 29 heavy (non-hydrogen) atoms. The van der Waals surface area contributed by atoms with Gasteiger partial charge in [-0.05, 0) is 24.3 Å². The Balaban J connectivity index is 0.000000157. The maximum absolute atomic E-state index is 10.3. The molecular formula is C22H22O4S2Ti. The molecule has 150 valence electrons. The van der Waals surface area contributed by atoms with E-state index in [1.165, 1.54) is 12.8 Å². The molecule has 0 aliphatic heterocycles. The normalized spacial score (nSPS) is 15.8. The summed E-state index contributed by atoms with van der Waals surface area (Å²) in [4.78, 5) is 0.884. The molecule has 0 saturated carbocycles. The van der Waals surface area contributed by atoms with Crippen LogP contribution in [-0.4, -0.2) is 17.5 Å². The van der Waals surface area contributed by atoms with E-state index in [2.05, 4.69) is 36.5 Å². The van der Waals surface area contributed by atoms with Crippen molar-refractivity contribution in [2.45, 2.75) is 22.6 Å². The molecule has 2 N–H and O–H groups in total. The molecule has 2 aromatic rings. The summed E-state index contributed by atoms with van der Waals surface area (Å²) in [5.41, 5.74) is 0. The fourth-order valence-electron chi connectivity index (χ4n) is 2.36. The van der Waals surface area contributed by atoms with Crippen LogP contribution in [0.3, 0.4) is 0 Å². The van der Waals surface area contributed by atoms with Gasteiger partial charge in [0.05, 0.1) is 9.79 Å². The van der Waals surface area contributed by atoms with E-state index in [0.29, 0.717) is 9.79 Å². The second kappa shape index (κ2) is 13.5. The number of hydrogen-bond acceptors (Lipinski definition) is 2. The van der Waals surface area contributed by atoms with Gasteiger partial charge < -0.3 is 9.11 Å². The zero-order chi connectivity index (χ0) is 20.9. The van der Waals surface area contributed by atoms with Crippen LogP contribution < -0.4 is 0 Å². The maximum atomic E-state index is 10.3. The van der Waals surface area contributed by atoms with Gasteiger partial charge in [0.1, 0.15) is 0 Å². The minimum Gasteiger partial charge on any atom is -0.302 e. The van der Waals surface area contributed by atoms with E-state index in [9.17, 15) is 8.42 Å². The van der Waals surface area contributed by atoms with Crippen LogP contribution in [0, 0.1) is 0 Å². The first kappa shape index (κ1) is 23.6. The van der Waals surface area contributed by atoms with Gasteiger partial charge in [0, 0.05) is 0 Å². The Kier molecular flexibility index (Phi) is 11.0. The number of allylic oxidation sites excluding steroid dienone is 8. The molecule has 2 atom stereocenters. The fourth-order valence-corrected chi connectivity index (χ4v) is 5.03. The molecule has 2 aliphatic rings. The quantitative estimate of drug-likeness (QED) is 0.478. The van der Waals surface area contributed by atoms with Crippen LogP contribution in [0.2, 0.25) is 0 Å². The molecule has 0 spiro atoms. The van der Waals surface area contributed by atoms with Crippen molar-refractivity contribution in [3.63, 3.8) is 0 Å². The average Bonchev–Trinajstić information content (AvgIpc) is 3.45. The third-order valence-electron chi connectivity index (χ3n) is 3.75. The summed E-state index contributed by atoms with van der Waals surface area (Å²) in [6, 6.07) is 16.9. The Bertz CT molecular complexity index is 858. The molecule has 0 amide bonds. The van der Waals surface area contributed by atoms with Crippen LogP contribution in [0.5, 0.6) is 0 Å². The maximum Gasteiger partial charge on any atom is 0.186 e. The number of rotatable bonds is 4. The largest absolute Gasteiger partial charge is 0.302 e. The minimum absolute atomic E-state index is 0.0833. The van der Waals surface area contributed by atoms with E-state index < -0.39 is 22.2 Å². The van der Waals surface area contributed by atoms with Gasteiger partial charge >= 0.3 is 76.2 Å². The SMILES string of the molecule is C1=CC[C]([Ti][C]2=CC=CC2)=C1.O=S(O)c1ccccc1.O=S(O)c1ccccc1. The van der Waals surface area contributed by atoms with Crippen molar-refractivity contribution in [2.75, 3.05) is 0 Å². The van der Waals surface area contributed by atoms with Crippen molar-refractivity contribution in [1.82, 2.24) is 0 Å². The van der Waals surface area contributed by atoms with Gasteiger partial charge in [-0.3, -0.25) is 0 Å². The third kappa shape index (κ3) is 9.59. The topological polar surface area (TPSA) is 74.6 Å². The van der Waals surface area contributed by atoms with Gasteiger partial charge in [-0.25, -0.2) is 8.42 Å². The predicted octanol–water partition coefficient (Wildman–Crippen LogP) is 5.29. The number of hydrogen-bond donors (Lipinski definition) is 2. The van der Waals surface area contributed by atoms with Gasteiger partial charge in [0.25, 0.3) is 0 Å². The van der Waals surface area contributed by atoms with E-state index in [-0.39, 0.29) is 19.2 Å². The second-order valence-corrected chi connectivity index (χ2v) is 10.2. The van der Waals surface area contributed by atoms with Gasteiger partial charge in [0.15, 0.2) is 22.2 Å². The molecule has 7 heteroatoms. The molecule has 4 rings (SSSR count). The summed E-state index contributed by atoms with van der Waals surface area (Å²) >= 11 is -3.57. The van der Waals surface area contributed by atoms with Gasteiger partial charge in [-0.15, -0.1) is 0 Å². The van der Waals surface area contributed by atoms with Crippen molar-refractivity contribution in [2.24, 2.45) is 0 Å². The summed E-state index contributed by atoms with van der Waals surface area (Å²) in [6.07, 6.45) is 15.9. The monoisotopic (exact) mass is 462 g/mol. The van der Waals surface area contributed by atoms with Gasteiger partial charge in [0.2, 0.25) is 0 Å². The first-order valence-corrected chi connectivity index (χ1v) is 12.6. The van der Waals surface area contributed by atoms with Crippen LogP contribution in [0.15, 0.2) is 115 Å². The van der Waals surface area contributed by atoms with Crippen LogP contribution in [0.25, 0.3) is 0 Å². The summed E-state index contributed by atoms with van der Waals surface area (Å²) in [5, 5.41) is 0. The predicted molar refractivity (Wildman–Crippen MR) is 115 cm³/mol. The van der Waals surface area contributed by atoms with Crippen molar-refractivity contribution >= 4 is 22.2 Å². The van der Waals surface area contributed by atoms with Gasteiger partial charge in [-0.2, -0.15) is 0 Å². The second-order valence-electron chi connectivity index (χ2n) is 5.90.